The van der Waals surface area contributed by atoms with E-state index in [2.05, 4.69) is 48.6 Å². The van der Waals surface area contributed by atoms with Gasteiger partial charge in [-0.3, -0.25) is 0 Å². The van der Waals surface area contributed by atoms with Crippen molar-refractivity contribution in [3.8, 4) is 0 Å². The van der Waals surface area contributed by atoms with Crippen LogP contribution in [-0.4, -0.2) is 0 Å². The summed E-state index contributed by atoms with van der Waals surface area (Å²) in [5.74, 6) is -0.187. The second kappa shape index (κ2) is 6.06. The molecule has 1 nitrogen and oxygen atoms in total. The Morgan fingerprint density at radius 2 is 1.71 bits per heavy atom. The van der Waals surface area contributed by atoms with Gasteiger partial charge in [-0.05, 0) is 47.0 Å². The van der Waals surface area contributed by atoms with E-state index in [-0.39, 0.29) is 11.9 Å². The van der Waals surface area contributed by atoms with Gasteiger partial charge in [0.25, 0.3) is 0 Å². The zero-order valence-corrected chi connectivity index (χ0v) is 12.0. The summed E-state index contributed by atoms with van der Waals surface area (Å²) in [6.07, 6.45) is 0. The second-order valence-electron chi connectivity index (χ2n) is 5.34. The predicted molar refractivity (Wildman–Crippen MR) is 85.6 cm³/mol. The van der Waals surface area contributed by atoms with Crippen molar-refractivity contribution >= 4 is 10.8 Å². The molecule has 0 saturated heterocycles. The van der Waals surface area contributed by atoms with E-state index in [0.717, 1.165) is 5.56 Å². The number of hydrogen-bond acceptors (Lipinski definition) is 1. The zero-order chi connectivity index (χ0) is 14.7. The van der Waals surface area contributed by atoms with Crippen LogP contribution in [0.5, 0.6) is 0 Å². The van der Waals surface area contributed by atoms with E-state index >= 15 is 0 Å². The maximum atomic E-state index is 13.2. The number of benzene rings is 3. The topological polar surface area (TPSA) is 12.0 Å². The standard InChI is InChI=1S/C19H18FN/c1-14(21-13-15-5-4-8-19(20)11-15)17-10-9-16-6-2-3-7-18(16)12-17/h2-12,14,21H,13H2,1H3/t14-/m0/s1. The van der Waals surface area contributed by atoms with Crippen molar-refractivity contribution in [1.29, 1.82) is 0 Å². The Kier molecular flexibility index (Phi) is 3.98. The lowest BCUT2D eigenvalue weighted by molar-refractivity contribution is 0.570. The summed E-state index contributed by atoms with van der Waals surface area (Å²) in [6.45, 7) is 2.79. The number of halogens is 1. The highest BCUT2D eigenvalue weighted by molar-refractivity contribution is 5.83. The summed E-state index contributed by atoms with van der Waals surface area (Å²) in [5.41, 5.74) is 2.20. The van der Waals surface area contributed by atoms with Crippen molar-refractivity contribution in [1.82, 2.24) is 5.32 Å². The average molecular weight is 279 g/mol. The summed E-state index contributed by atoms with van der Waals surface area (Å²) in [5, 5.41) is 5.93. The normalized spacial score (nSPS) is 12.5. The van der Waals surface area contributed by atoms with E-state index in [1.54, 1.807) is 12.1 Å². The molecular formula is C19H18FN. The minimum Gasteiger partial charge on any atom is -0.306 e. The van der Waals surface area contributed by atoms with Gasteiger partial charge >= 0.3 is 0 Å². The van der Waals surface area contributed by atoms with E-state index in [9.17, 15) is 4.39 Å². The highest BCUT2D eigenvalue weighted by Gasteiger charge is 2.06. The maximum Gasteiger partial charge on any atom is 0.123 e. The van der Waals surface area contributed by atoms with Crippen LogP contribution in [0, 0.1) is 5.82 Å². The van der Waals surface area contributed by atoms with E-state index < -0.39 is 0 Å². The molecule has 106 valence electrons. The van der Waals surface area contributed by atoms with Crippen molar-refractivity contribution < 1.29 is 4.39 Å². The molecule has 0 radical (unpaired) electrons. The lowest BCUT2D eigenvalue weighted by Gasteiger charge is -2.15. The van der Waals surface area contributed by atoms with Crippen LogP contribution >= 0.6 is 0 Å². The molecule has 3 aromatic carbocycles. The minimum absolute atomic E-state index is 0.187. The van der Waals surface area contributed by atoms with Gasteiger partial charge in [0.2, 0.25) is 0 Å². The highest BCUT2D eigenvalue weighted by Crippen LogP contribution is 2.20. The Morgan fingerprint density at radius 3 is 2.52 bits per heavy atom. The van der Waals surface area contributed by atoms with E-state index in [1.165, 1.54) is 22.4 Å². The van der Waals surface area contributed by atoms with Crippen LogP contribution in [0.2, 0.25) is 0 Å². The van der Waals surface area contributed by atoms with Crippen molar-refractivity contribution in [2.45, 2.75) is 19.5 Å². The fourth-order valence-electron chi connectivity index (χ4n) is 2.51. The molecule has 3 rings (SSSR count). The van der Waals surface area contributed by atoms with Gasteiger partial charge in [0, 0.05) is 12.6 Å². The van der Waals surface area contributed by atoms with E-state index in [4.69, 9.17) is 0 Å². The molecule has 0 aliphatic rings. The Hall–Kier alpha value is -2.19. The largest absolute Gasteiger partial charge is 0.306 e. The molecule has 1 atom stereocenters. The van der Waals surface area contributed by atoms with Crippen LogP contribution in [0.1, 0.15) is 24.1 Å². The lowest BCUT2D eigenvalue weighted by atomic mass is 10.0. The van der Waals surface area contributed by atoms with Crippen molar-refractivity contribution in [3.63, 3.8) is 0 Å². The smallest absolute Gasteiger partial charge is 0.123 e. The molecule has 0 heterocycles. The monoisotopic (exact) mass is 279 g/mol. The molecule has 0 unspecified atom stereocenters. The first-order chi connectivity index (χ1) is 10.2. The Balaban J connectivity index is 1.73. The zero-order valence-electron chi connectivity index (χ0n) is 12.0. The molecule has 3 aromatic rings. The van der Waals surface area contributed by atoms with Gasteiger partial charge in [0.15, 0.2) is 0 Å². The van der Waals surface area contributed by atoms with Crippen LogP contribution in [0.4, 0.5) is 4.39 Å². The Bertz CT molecular complexity index is 751. The van der Waals surface area contributed by atoms with Gasteiger partial charge in [-0.15, -0.1) is 0 Å². The molecule has 0 spiro atoms. The highest BCUT2D eigenvalue weighted by atomic mass is 19.1. The van der Waals surface area contributed by atoms with Crippen LogP contribution in [0.25, 0.3) is 10.8 Å². The summed E-state index contributed by atoms with van der Waals surface area (Å²) < 4.78 is 13.2. The molecule has 0 amide bonds. The van der Waals surface area contributed by atoms with Crippen LogP contribution in [0.3, 0.4) is 0 Å². The number of nitrogens with one attached hydrogen (secondary N) is 1. The predicted octanol–water partition coefficient (Wildman–Crippen LogP) is 4.83. The second-order valence-corrected chi connectivity index (χ2v) is 5.34. The summed E-state index contributed by atoms with van der Waals surface area (Å²) in [4.78, 5) is 0. The summed E-state index contributed by atoms with van der Waals surface area (Å²) in [6, 6.07) is 21.8. The lowest BCUT2D eigenvalue weighted by Crippen LogP contribution is -2.18. The number of hydrogen-bond donors (Lipinski definition) is 1. The quantitative estimate of drug-likeness (QED) is 0.721. The van der Waals surface area contributed by atoms with Gasteiger partial charge < -0.3 is 5.32 Å². The van der Waals surface area contributed by atoms with E-state index in [0.29, 0.717) is 6.54 Å². The molecule has 0 aliphatic carbocycles. The number of fused-ring (bicyclic) bond motifs is 1. The van der Waals surface area contributed by atoms with Crippen LogP contribution < -0.4 is 5.32 Å². The average Bonchev–Trinajstić information content (AvgIpc) is 2.52. The molecule has 0 aromatic heterocycles. The molecule has 0 fully saturated rings. The SMILES string of the molecule is C[C@H](NCc1cccc(F)c1)c1ccc2ccccc2c1. The van der Waals surface area contributed by atoms with Crippen molar-refractivity contribution in [3.05, 3.63) is 83.7 Å². The van der Waals surface area contributed by atoms with Crippen molar-refractivity contribution in [2.75, 3.05) is 0 Å². The van der Waals surface area contributed by atoms with Gasteiger partial charge in [-0.1, -0.05) is 48.5 Å². The maximum absolute atomic E-state index is 13.2. The Morgan fingerprint density at radius 1 is 0.905 bits per heavy atom. The third-order valence-electron chi connectivity index (χ3n) is 3.77. The molecule has 2 heteroatoms. The molecular weight excluding hydrogens is 261 g/mol. The molecule has 1 N–H and O–H groups in total. The molecule has 0 bridgehead atoms. The molecule has 0 aliphatic heterocycles. The first kappa shape index (κ1) is 13.8. The van der Waals surface area contributed by atoms with Crippen LogP contribution in [0.15, 0.2) is 66.7 Å². The Labute approximate surface area is 124 Å². The van der Waals surface area contributed by atoms with Crippen molar-refractivity contribution in [2.24, 2.45) is 0 Å². The fraction of sp³-hybridized carbons (Fsp3) is 0.158. The minimum atomic E-state index is -0.187. The third kappa shape index (κ3) is 3.29. The molecule has 0 saturated carbocycles. The summed E-state index contributed by atoms with van der Waals surface area (Å²) >= 11 is 0. The summed E-state index contributed by atoms with van der Waals surface area (Å²) in [7, 11) is 0. The van der Waals surface area contributed by atoms with Crippen LogP contribution in [-0.2, 0) is 6.54 Å². The van der Waals surface area contributed by atoms with E-state index in [1.807, 2.05) is 12.1 Å². The van der Waals surface area contributed by atoms with Gasteiger partial charge in [-0.25, -0.2) is 4.39 Å². The van der Waals surface area contributed by atoms with Gasteiger partial charge in [0.1, 0.15) is 5.82 Å². The fourth-order valence-corrected chi connectivity index (χ4v) is 2.51. The van der Waals surface area contributed by atoms with Gasteiger partial charge in [-0.2, -0.15) is 0 Å². The number of rotatable bonds is 4. The first-order valence-electron chi connectivity index (χ1n) is 7.19. The van der Waals surface area contributed by atoms with Gasteiger partial charge in [0.05, 0.1) is 0 Å². The molecule has 21 heavy (non-hydrogen) atoms. The third-order valence-corrected chi connectivity index (χ3v) is 3.77. The first-order valence-corrected chi connectivity index (χ1v) is 7.19.